The summed E-state index contributed by atoms with van der Waals surface area (Å²) in [6.45, 7) is 3.12. The van der Waals surface area contributed by atoms with Crippen LogP contribution in [0.15, 0.2) is 36.7 Å². The number of hydrogen-bond donors (Lipinski definition) is 1. The Balaban J connectivity index is 1.65. The van der Waals surface area contributed by atoms with Crippen LogP contribution in [-0.4, -0.2) is 39.6 Å². The van der Waals surface area contributed by atoms with E-state index in [4.69, 9.17) is 0 Å². The second kappa shape index (κ2) is 7.21. The summed E-state index contributed by atoms with van der Waals surface area (Å²) >= 11 is 0. The zero-order valence-corrected chi connectivity index (χ0v) is 13.7. The van der Waals surface area contributed by atoms with Crippen molar-refractivity contribution in [3.63, 3.8) is 0 Å². The highest BCUT2D eigenvalue weighted by Crippen LogP contribution is 2.16. The number of benzene rings is 1. The van der Waals surface area contributed by atoms with Gasteiger partial charge in [0.2, 0.25) is 0 Å². The summed E-state index contributed by atoms with van der Waals surface area (Å²) in [6, 6.07) is 7.13. The van der Waals surface area contributed by atoms with Gasteiger partial charge < -0.3 is 10.2 Å². The molecule has 24 heavy (non-hydrogen) atoms. The van der Waals surface area contributed by atoms with Gasteiger partial charge in [0.1, 0.15) is 11.5 Å². The lowest BCUT2D eigenvalue weighted by Gasteiger charge is -2.26. The number of nitrogens with one attached hydrogen (secondary N) is 1. The van der Waals surface area contributed by atoms with Gasteiger partial charge in [0.25, 0.3) is 5.91 Å². The minimum absolute atomic E-state index is 0.0296. The summed E-state index contributed by atoms with van der Waals surface area (Å²) in [7, 11) is 0. The summed E-state index contributed by atoms with van der Waals surface area (Å²) in [5, 5.41) is 3.11. The second-order valence-electron chi connectivity index (χ2n) is 5.90. The van der Waals surface area contributed by atoms with Crippen LogP contribution in [0, 0.1) is 0 Å². The number of carbonyl (C=O) groups is 2. The number of piperidine rings is 1. The molecule has 0 bridgehead atoms. The van der Waals surface area contributed by atoms with Crippen molar-refractivity contribution in [2.45, 2.75) is 26.2 Å². The maximum absolute atomic E-state index is 12.3. The molecule has 0 atom stereocenters. The highest BCUT2D eigenvalue weighted by molar-refractivity contribution is 5.94. The van der Waals surface area contributed by atoms with Gasteiger partial charge in [-0.25, -0.2) is 9.97 Å². The van der Waals surface area contributed by atoms with Gasteiger partial charge in [0.15, 0.2) is 5.78 Å². The van der Waals surface area contributed by atoms with E-state index in [1.165, 1.54) is 19.5 Å². The molecule has 1 saturated heterocycles. The largest absolute Gasteiger partial charge is 0.339 e. The van der Waals surface area contributed by atoms with Crippen LogP contribution in [0.1, 0.15) is 47.0 Å². The molecule has 3 rings (SSSR count). The first kappa shape index (κ1) is 16.1. The van der Waals surface area contributed by atoms with E-state index >= 15 is 0 Å². The van der Waals surface area contributed by atoms with Crippen molar-refractivity contribution in [1.29, 1.82) is 0 Å². The van der Waals surface area contributed by atoms with Crippen molar-refractivity contribution in [3.8, 4) is 0 Å². The lowest BCUT2D eigenvalue weighted by molar-refractivity contribution is 0.0718. The fraction of sp³-hybridized carbons (Fsp3) is 0.333. The quantitative estimate of drug-likeness (QED) is 0.875. The number of likely N-dealkylation sites (tertiary alicyclic amines) is 1. The first-order valence-electron chi connectivity index (χ1n) is 8.13. The third-order valence-electron chi connectivity index (χ3n) is 4.08. The molecule has 2 aromatic rings. The Morgan fingerprint density at radius 2 is 1.71 bits per heavy atom. The molecule has 124 valence electrons. The maximum atomic E-state index is 12.3. The Hall–Kier alpha value is -2.76. The smallest absolute Gasteiger partial charge is 0.274 e. The van der Waals surface area contributed by atoms with E-state index < -0.39 is 0 Å². The van der Waals surface area contributed by atoms with E-state index in [1.54, 1.807) is 18.3 Å². The Kier molecular flexibility index (Phi) is 4.84. The minimum atomic E-state index is -0.0560. The third-order valence-corrected chi connectivity index (χ3v) is 4.08. The molecule has 6 heteroatoms. The Bertz CT molecular complexity index is 720. The SMILES string of the molecule is CC(=O)c1ccc(Nc2cnc(C(=O)N3CCCCC3)cn2)cc1. The van der Waals surface area contributed by atoms with Gasteiger partial charge in [-0.2, -0.15) is 0 Å². The minimum Gasteiger partial charge on any atom is -0.339 e. The zero-order chi connectivity index (χ0) is 16.9. The van der Waals surface area contributed by atoms with E-state index in [0.29, 0.717) is 17.1 Å². The number of anilines is 2. The van der Waals surface area contributed by atoms with Gasteiger partial charge in [-0.15, -0.1) is 0 Å². The summed E-state index contributed by atoms with van der Waals surface area (Å²) in [5.41, 5.74) is 1.84. The topological polar surface area (TPSA) is 75.2 Å². The van der Waals surface area contributed by atoms with Crippen molar-refractivity contribution >= 4 is 23.2 Å². The van der Waals surface area contributed by atoms with Gasteiger partial charge >= 0.3 is 0 Å². The van der Waals surface area contributed by atoms with Crippen LogP contribution < -0.4 is 5.32 Å². The molecule has 0 aliphatic carbocycles. The monoisotopic (exact) mass is 324 g/mol. The number of amides is 1. The maximum Gasteiger partial charge on any atom is 0.274 e. The highest BCUT2D eigenvalue weighted by atomic mass is 16.2. The van der Waals surface area contributed by atoms with Crippen LogP contribution in [0.2, 0.25) is 0 Å². The fourth-order valence-corrected chi connectivity index (χ4v) is 2.70. The molecule has 1 aliphatic heterocycles. The zero-order valence-electron chi connectivity index (χ0n) is 13.7. The molecule has 2 heterocycles. The van der Waals surface area contributed by atoms with Gasteiger partial charge in [0, 0.05) is 24.3 Å². The Morgan fingerprint density at radius 3 is 2.29 bits per heavy atom. The van der Waals surface area contributed by atoms with Crippen molar-refractivity contribution in [2.75, 3.05) is 18.4 Å². The van der Waals surface area contributed by atoms with Crippen LogP contribution in [0.4, 0.5) is 11.5 Å². The number of Topliss-reactive ketones (excluding diaryl/α,β-unsaturated/α-hetero) is 1. The molecule has 6 nitrogen and oxygen atoms in total. The molecule has 0 saturated carbocycles. The van der Waals surface area contributed by atoms with Crippen LogP contribution in [-0.2, 0) is 0 Å². The van der Waals surface area contributed by atoms with Crippen LogP contribution >= 0.6 is 0 Å². The number of ketones is 1. The van der Waals surface area contributed by atoms with Crippen LogP contribution in [0.3, 0.4) is 0 Å². The van der Waals surface area contributed by atoms with E-state index in [0.717, 1.165) is 31.6 Å². The summed E-state index contributed by atoms with van der Waals surface area (Å²) in [6.07, 6.45) is 6.34. The van der Waals surface area contributed by atoms with E-state index in [1.807, 2.05) is 17.0 Å². The number of rotatable bonds is 4. The van der Waals surface area contributed by atoms with Crippen molar-refractivity contribution in [3.05, 3.63) is 47.9 Å². The molecule has 1 N–H and O–H groups in total. The third kappa shape index (κ3) is 3.76. The normalized spacial score (nSPS) is 14.3. The van der Waals surface area contributed by atoms with Crippen molar-refractivity contribution in [2.24, 2.45) is 0 Å². The van der Waals surface area contributed by atoms with Gasteiger partial charge in [-0.3, -0.25) is 9.59 Å². The van der Waals surface area contributed by atoms with Crippen LogP contribution in [0.5, 0.6) is 0 Å². The Labute approximate surface area is 140 Å². The van der Waals surface area contributed by atoms with Crippen molar-refractivity contribution in [1.82, 2.24) is 14.9 Å². The number of hydrogen-bond acceptors (Lipinski definition) is 5. The summed E-state index contributed by atoms with van der Waals surface area (Å²) in [4.78, 5) is 33.9. The standard InChI is InChI=1S/C18H20N4O2/c1-13(23)14-5-7-15(8-6-14)21-17-12-19-16(11-20-17)18(24)22-9-3-2-4-10-22/h5-8,11-12H,2-4,9-10H2,1H3,(H,20,21). The lowest BCUT2D eigenvalue weighted by atomic mass is 10.1. The predicted octanol–water partition coefficient (Wildman–Crippen LogP) is 3.05. The van der Waals surface area contributed by atoms with Gasteiger partial charge in [-0.1, -0.05) is 0 Å². The molecule has 1 aliphatic rings. The lowest BCUT2D eigenvalue weighted by Crippen LogP contribution is -2.36. The van der Waals surface area contributed by atoms with Gasteiger partial charge in [-0.05, 0) is 50.5 Å². The molecule has 1 aromatic heterocycles. The number of aromatic nitrogens is 2. The molecule has 1 aromatic carbocycles. The first-order chi connectivity index (χ1) is 11.6. The molecule has 1 amide bonds. The van der Waals surface area contributed by atoms with E-state index in [-0.39, 0.29) is 11.7 Å². The summed E-state index contributed by atoms with van der Waals surface area (Å²) < 4.78 is 0. The van der Waals surface area contributed by atoms with Crippen LogP contribution in [0.25, 0.3) is 0 Å². The fourth-order valence-electron chi connectivity index (χ4n) is 2.70. The molecule has 0 spiro atoms. The van der Waals surface area contributed by atoms with E-state index in [2.05, 4.69) is 15.3 Å². The molecule has 0 radical (unpaired) electrons. The highest BCUT2D eigenvalue weighted by Gasteiger charge is 2.19. The molecular formula is C18H20N4O2. The second-order valence-corrected chi connectivity index (χ2v) is 5.90. The predicted molar refractivity (Wildman–Crippen MR) is 91.5 cm³/mol. The average Bonchev–Trinajstić information content (AvgIpc) is 2.63. The summed E-state index contributed by atoms with van der Waals surface area (Å²) in [5.74, 6) is 0.530. The molecule has 0 unspecified atom stereocenters. The average molecular weight is 324 g/mol. The molecular weight excluding hydrogens is 304 g/mol. The first-order valence-corrected chi connectivity index (χ1v) is 8.13. The number of carbonyl (C=O) groups excluding carboxylic acids is 2. The Morgan fingerprint density at radius 1 is 1.00 bits per heavy atom. The van der Waals surface area contributed by atoms with Crippen molar-refractivity contribution < 1.29 is 9.59 Å². The van der Waals surface area contributed by atoms with E-state index in [9.17, 15) is 9.59 Å². The molecule has 1 fully saturated rings. The number of nitrogens with zero attached hydrogens (tertiary/aromatic N) is 3. The van der Waals surface area contributed by atoms with Gasteiger partial charge in [0.05, 0.1) is 12.4 Å².